The number of hydrogen-bond donors (Lipinski definition) is 0. The maximum Gasteiger partial charge on any atom is 0.200 e. The lowest BCUT2D eigenvalue weighted by Crippen LogP contribution is -2.16. The Balaban J connectivity index is 1.83. The van der Waals surface area contributed by atoms with Crippen LogP contribution in [0.4, 0.5) is 8.78 Å². The number of nitrogens with zero attached hydrogens (tertiary/aromatic N) is 3. The largest absolute Gasteiger partial charge is 0.461 e. The van der Waals surface area contributed by atoms with Crippen LogP contribution in [0.1, 0.15) is 24.2 Å². The van der Waals surface area contributed by atoms with E-state index >= 15 is 0 Å². The number of furan rings is 1. The third-order valence-electron chi connectivity index (χ3n) is 3.62. The number of halogens is 2. The minimum Gasteiger partial charge on any atom is -0.461 e. The molecule has 0 radical (unpaired) electrons. The number of carbonyl (C=O) groups excluding carboxylic acids is 1. The predicted molar refractivity (Wildman–Crippen MR) is 89.4 cm³/mol. The molecule has 0 spiro atoms. The summed E-state index contributed by atoms with van der Waals surface area (Å²) in [6.45, 7) is 4.15. The number of rotatable bonds is 6. The molecule has 3 aromatic rings. The fourth-order valence-electron chi connectivity index (χ4n) is 2.37. The van der Waals surface area contributed by atoms with Crippen molar-refractivity contribution in [3.63, 3.8) is 0 Å². The highest BCUT2D eigenvalue weighted by Gasteiger charge is 2.24. The second-order valence-corrected chi connectivity index (χ2v) is 6.58. The first-order chi connectivity index (χ1) is 12.0. The zero-order valence-electron chi connectivity index (χ0n) is 13.6. The standard InChI is InChI=1S/C17H15F2N3O2S/c1-3-22-16(14-5-4-8-24-14)20-21-17(22)25-10(2)15(23)12-7-6-11(18)9-13(12)19/h4-10H,3H2,1-2H3. The molecule has 130 valence electrons. The number of aromatic nitrogens is 3. The summed E-state index contributed by atoms with van der Waals surface area (Å²) in [7, 11) is 0. The monoisotopic (exact) mass is 363 g/mol. The van der Waals surface area contributed by atoms with Crippen LogP contribution in [0.15, 0.2) is 46.2 Å². The summed E-state index contributed by atoms with van der Waals surface area (Å²) in [6, 6.07) is 6.45. The topological polar surface area (TPSA) is 60.9 Å². The molecule has 1 unspecified atom stereocenters. The number of hydrogen-bond acceptors (Lipinski definition) is 5. The van der Waals surface area contributed by atoms with Gasteiger partial charge < -0.3 is 4.42 Å². The summed E-state index contributed by atoms with van der Waals surface area (Å²) in [5.41, 5.74) is -0.143. The van der Waals surface area contributed by atoms with E-state index in [9.17, 15) is 13.6 Å². The van der Waals surface area contributed by atoms with Crippen molar-refractivity contribution in [2.75, 3.05) is 0 Å². The molecule has 0 bridgehead atoms. The molecule has 0 saturated carbocycles. The lowest BCUT2D eigenvalue weighted by molar-refractivity contribution is 0.0990. The van der Waals surface area contributed by atoms with Gasteiger partial charge in [0.05, 0.1) is 17.1 Å². The van der Waals surface area contributed by atoms with E-state index in [1.165, 1.54) is 11.8 Å². The lowest BCUT2D eigenvalue weighted by atomic mass is 10.1. The summed E-state index contributed by atoms with van der Waals surface area (Å²) < 4.78 is 34.0. The van der Waals surface area contributed by atoms with Crippen molar-refractivity contribution < 1.29 is 18.0 Å². The SMILES string of the molecule is CCn1c(SC(C)C(=O)c2ccc(F)cc2F)nnc1-c1ccco1. The van der Waals surface area contributed by atoms with E-state index in [2.05, 4.69) is 10.2 Å². The molecule has 2 aromatic heterocycles. The van der Waals surface area contributed by atoms with Crippen LogP contribution in [0.25, 0.3) is 11.6 Å². The highest BCUT2D eigenvalue weighted by molar-refractivity contribution is 8.00. The van der Waals surface area contributed by atoms with Crippen LogP contribution in [0, 0.1) is 11.6 Å². The van der Waals surface area contributed by atoms with Crippen molar-refractivity contribution in [1.82, 2.24) is 14.8 Å². The van der Waals surface area contributed by atoms with Gasteiger partial charge in [0.25, 0.3) is 0 Å². The van der Waals surface area contributed by atoms with Gasteiger partial charge in [0, 0.05) is 12.6 Å². The van der Waals surface area contributed by atoms with E-state index in [-0.39, 0.29) is 5.56 Å². The van der Waals surface area contributed by atoms with Crippen molar-refractivity contribution >= 4 is 17.5 Å². The molecule has 2 heterocycles. The fourth-order valence-corrected chi connectivity index (χ4v) is 3.35. The molecule has 0 N–H and O–H groups in total. The molecule has 0 amide bonds. The quantitative estimate of drug-likeness (QED) is 0.485. The zero-order chi connectivity index (χ0) is 18.0. The Morgan fingerprint density at radius 1 is 1.32 bits per heavy atom. The van der Waals surface area contributed by atoms with Crippen molar-refractivity contribution in [1.29, 1.82) is 0 Å². The van der Waals surface area contributed by atoms with Crippen LogP contribution in [0.5, 0.6) is 0 Å². The van der Waals surface area contributed by atoms with Gasteiger partial charge in [-0.25, -0.2) is 8.78 Å². The summed E-state index contributed by atoms with van der Waals surface area (Å²) in [5.74, 6) is -0.895. The second-order valence-electron chi connectivity index (χ2n) is 5.28. The molecule has 1 atom stereocenters. The highest BCUT2D eigenvalue weighted by atomic mass is 32.2. The minimum atomic E-state index is -0.870. The van der Waals surface area contributed by atoms with Crippen LogP contribution in [0.3, 0.4) is 0 Å². The van der Waals surface area contributed by atoms with Crippen molar-refractivity contribution in [3.8, 4) is 11.6 Å². The van der Waals surface area contributed by atoms with Crippen LogP contribution in [-0.4, -0.2) is 25.8 Å². The third-order valence-corrected chi connectivity index (χ3v) is 4.70. The van der Waals surface area contributed by atoms with Gasteiger partial charge in [-0.3, -0.25) is 9.36 Å². The third kappa shape index (κ3) is 3.48. The Morgan fingerprint density at radius 2 is 2.12 bits per heavy atom. The highest BCUT2D eigenvalue weighted by Crippen LogP contribution is 2.29. The first-order valence-electron chi connectivity index (χ1n) is 7.64. The van der Waals surface area contributed by atoms with Gasteiger partial charge in [0.15, 0.2) is 22.5 Å². The van der Waals surface area contributed by atoms with Gasteiger partial charge in [-0.1, -0.05) is 11.8 Å². The number of thioether (sulfide) groups is 1. The van der Waals surface area contributed by atoms with Crippen LogP contribution < -0.4 is 0 Å². The molecule has 25 heavy (non-hydrogen) atoms. The van der Waals surface area contributed by atoms with Gasteiger partial charge in [-0.2, -0.15) is 0 Å². The van der Waals surface area contributed by atoms with Gasteiger partial charge in [0.1, 0.15) is 11.6 Å². The van der Waals surface area contributed by atoms with Gasteiger partial charge in [-0.05, 0) is 38.1 Å². The lowest BCUT2D eigenvalue weighted by Gasteiger charge is -2.11. The van der Waals surface area contributed by atoms with Crippen molar-refractivity contribution in [2.24, 2.45) is 0 Å². The van der Waals surface area contributed by atoms with Crippen LogP contribution in [-0.2, 0) is 6.54 Å². The summed E-state index contributed by atoms with van der Waals surface area (Å²) in [6.07, 6.45) is 1.54. The number of carbonyl (C=O) groups is 1. The molecule has 8 heteroatoms. The molecular formula is C17H15F2N3O2S. The Hall–Kier alpha value is -2.48. The van der Waals surface area contributed by atoms with Crippen LogP contribution >= 0.6 is 11.8 Å². The predicted octanol–water partition coefficient (Wildman–Crippen LogP) is 4.20. The van der Waals surface area contributed by atoms with E-state index in [1.54, 1.807) is 25.3 Å². The van der Waals surface area contributed by atoms with E-state index in [4.69, 9.17) is 4.42 Å². The molecule has 0 saturated heterocycles. The fraction of sp³-hybridized carbons (Fsp3) is 0.235. The Labute approximate surface area is 147 Å². The first kappa shape index (κ1) is 17.3. The van der Waals surface area contributed by atoms with Crippen LogP contribution in [0.2, 0.25) is 0 Å². The molecule has 5 nitrogen and oxygen atoms in total. The number of benzene rings is 1. The summed E-state index contributed by atoms with van der Waals surface area (Å²) in [4.78, 5) is 12.5. The average Bonchev–Trinajstić information content (AvgIpc) is 3.23. The molecule has 0 aliphatic rings. The second kappa shape index (κ2) is 7.18. The van der Waals surface area contributed by atoms with Crippen molar-refractivity contribution in [2.45, 2.75) is 30.8 Å². The summed E-state index contributed by atoms with van der Waals surface area (Å²) in [5, 5.41) is 8.13. The van der Waals surface area contributed by atoms with Gasteiger partial charge in [0.2, 0.25) is 0 Å². The van der Waals surface area contributed by atoms with E-state index < -0.39 is 22.7 Å². The smallest absolute Gasteiger partial charge is 0.200 e. The Kier molecular flexibility index (Phi) is 4.98. The van der Waals surface area contributed by atoms with E-state index in [0.29, 0.717) is 29.4 Å². The summed E-state index contributed by atoms with van der Waals surface area (Å²) >= 11 is 1.17. The normalized spacial score (nSPS) is 12.3. The van der Waals surface area contributed by atoms with E-state index in [1.807, 2.05) is 11.5 Å². The molecule has 0 aliphatic heterocycles. The Bertz CT molecular complexity index is 893. The molecule has 3 rings (SSSR count). The number of Topliss-reactive ketones (excluding diaryl/α,β-unsaturated/α-hetero) is 1. The molecule has 0 aliphatic carbocycles. The van der Waals surface area contributed by atoms with E-state index in [0.717, 1.165) is 12.1 Å². The van der Waals surface area contributed by atoms with Gasteiger partial charge >= 0.3 is 0 Å². The molecular weight excluding hydrogens is 348 g/mol. The molecule has 0 fully saturated rings. The first-order valence-corrected chi connectivity index (χ1v) is 8.52. The maximum absolute atomic E-state index is 13.8. The number of ketones is 1. The molecule has 1 aromatic carbocycles. The maximum atomic E-state index is 13.8. The zero-order valence-corrected chi connectivity index (χ0v) is 14.4. The Morgan fingerprint density at radius 3 is 2.76 bits per heavy atom. The van der Waals surface area contributed by atoms with Crippen molar-refractivity contribution in [3.05, 3.63) is 53.8 Å². The average molecular weight is 363 g/mol. The van der Waals surface area contributed by atoms with Gasteiger partial charge in [-0.15, -0.1) is 10.2 Å². The minimum absolute atomic E-state index is 0.143.